The standard InChI is InChI=1S/C26H26N2O5/c1-28-24(16-12-13-21(32-3)22(14-16)33-4)23(19-10-5-6-11-20(19)26(28)30)25(29)27-17-8-7-9-18(15-17)31-2/h5-15,23-24H,1-4H3,(H,27,29)/t23-,24+/m0/s1. The lowest BCUT2D eigenvalue weighted by atomic mass is 9.79. The second kappa shape index (κ2) is 9.24. The highest BCUT2D eigenvalue weighted by atomic mass is 16.5. The van der Waals surface area contributed by atoms with Crippen molar-refractivity contribution >= 4 is 17.5 Å². The molecule has 33 heavy (non-hydrogen) atoms. The van der Waals surface area contributed by atoms with Crippen LogP contribution in [0.4, 0.5) is 5.69 Å². The van der Waals surface area contributed by atoms with E-state index < -0.39 is 12.0 Å². The number of anilines is 1. The van der Waals surface area contributed by atoms with E-state index in [-0.39, 0.29) is 11.8 Å². The monoisotopic (exact) mass is 446 g/mol. The molecule has 7 heteroatoms. The minimum Gasteiger partial charge on any atom is -0.497 e. The molecule has 170 valence electrons. The summed E-state index contributed by atoms with van der Waals surface area (Å²) in [5, 5.41) is 3.00. The maximum atomic E-state index is 13.7. The van der Waals surface area contributed by atoms with Crippen molar-refractivity contribution in [2.45, 2.75) is 12.0 Å². The number of hydrogen-bond acceptors (Lipinski definition) is 5. The van der Waals surface area contributed by atoms with Gasteiger partial charge in [-0.25, -0.2) is 0 Å². The third kappa shape index (κ3) is 4.09. The molecule has 0 bridgehead atoms. The molecule has 1 heterocycles. The SMILES string of the molecule is COc1cccc(NC(=O)[C@H]2c3ccccc3C(=O)N(C)[C@@H]2c2ccc(OC)c(OC)c2)c1. The molecule has 3 aromatic carbocycles. The third-order valence-electron chi connectivity index (χ3n) is 5.95. The Morgan fingerprint density at radius 2 is 1.64 bits per heavy atom. The minimum absolute atomic E-state index is 0.143. The Bertz CT molecular complexity index is 1190. The van der Waals surface area contributed by atoms with E-state index in [1.807, 2.05) is 36.4 Å². The first-order chi connectivity index (χ1) is 16.0. The molecule has 0 saturated carbocycles. The fourth-order valence-corrected chi connectivity index (χ4v) is 4.33. The second-order valence-corrected chi connectivity index (χ2v) is 7.76. The highest BCUT2D eigenvalue weighted by Crippen LogP contribution is 2.44. The van der Waals surface area contributed by atoms with Gasteiger partial charge < -0.3 is 24.4 Å². The van der Waals surface area contributed by atoms with E-state index in [1.54, 1.807) is 63.6 Å². The van der Waals surface area contributed by atoms with Crippen molar-refractivity contribution in [1.82, 2.24) is 4.90 Å². The first-order valence-electron chi connectivity index (χ1n) is 10.5. The number of nitrogens with one attached hydrogen (secondary N) is 1. The van der Waals surface area contributed by atoms with Gasteiger partial charge in [0.25, 0.3) is 5.91 Å². The number of rotatable bonds is 6. The van der Waals surface area contributed by atoms with E-state index in [0.717, 1.165) is 5.56 Å². The number of carbonyl (C=O) groups is 2. The van der Waals surface area contributed by atoms with Gasteiger partial charge in [0.1, 0.15) is 5.75 Å². The molecule has 0 saturated heterocycles. The van der Waals surface area contributed by atoms with Crippen molar-refractivity contribution in [3.63, 3.8) is 0 Å². The molecule has 3 aromatic rings. The Hall–Kier alpha value is -4.00. The molecule has 0 aromatic heterocycles. The number of likely N-dealkylation sites (N-methyl/N-ethyl adjacent to an activating group) is 1. The van der Waals surface area contributed by atoms with Crippen LogP contribution in [0.25, 0.3) is 0 Å². The molecule has 2 atom stereocenters. The molecular weight excluding hydrogens is 420 g/mol. The Morgan fingerprint density at radius 3 is 2.36 bits per heavy atom. The van der Waals surface area contributed by atoms with Crippen molar-refractivity contribution in [3.8, 4) is 17.2 Å². The summed E-state index contributed by atoms with van der Waals surface area (Å²) in [6.07, 6.45) is 0. The molecule has 4 rings (SSSR count). The lowest BCUT2D eigenvalue weighted by molar-refractivity contribution is -0.119. The number of carbonyl (C=O) groups excluding carboxylic acids is 2. The highest BCUT2D eigenvalue weighted by molar-refractivity contribution is 6.04. The summed E-state index contributed by atoms with van der Waals surface area (Å²) in [5.74, 6) is 0.727. The van der Waals surface area contributed by atoms with Gasteiger partial charge in [-0.1, -0.05) is 30.3 Å². The van der Waals surface area contributed by atoms with Crippen molar-refractivity contribution < 1.29 is 23.8 Å². The van der Waals surface area contributed by atoms with Crippen LogP contribution in [0.2, 0.25) is 0 Å². The molecule has 0 spiro atoms. The fourth-order valence-electron chi connectivity index (χ4n) is 4.33. The van der Waals surface area contributed by atoms with Crippen LogP contribution >= 0.6 is 0 Å². The number of nitrogens with zero attached hydrogens (tertiary/aromatic N) is 1. The van der Waals surface area contributed by atoms with Crippen molar-refractivity contribution in [1.29, 1.82) is 0 Å². The van der Waals surface area contributed by atoms with E-state index in [2.05, 4.69) is 5.32 Å². The normalized spacial score (nSPS) is 17.2. The van der Waals surface area contributed by atoms with E-state index in [4.69, 9.17) is 14.2 Å². The first-order valence-corrected chi connectivity index (χ1v) is 10.5. The van der Waals surface area contributed by atoms with Gasteiger partial charge in [0.15, 0.2) is 11.5 Å². The van der Waals surface area contributed by atoms with Gasteiger partial charge >= 0.3 is 0 Å². The Morgan fingerprint density at radius 1 is 0.879 bits per heavy atom. The van der Waals surface area contributed by atoms with Gasteiger partial charge in [0.05, 0.1) is 33.3 Å². The molecule has 1 aliphatic rings. The lowest BCUT2D eigenvalue weighted by Crippen LogP contribution is -2.44. The molecule has 1 aliphatic heterocycles. The average molecular weight is 447 g/mol. The average Bonchev–Trinajstić information content (AvgIpc) is 2.85. The summed E-state index contributed by atoms with van der Waals surface area (Å²) in [6.45, 7) is 0. The quantitative estimate of drug-likeness (QED) is 0.612. The van der Waals surface area contributed by atoms with Crippen LogP contribution in [-0.4, -0.2) is 45.1 Å². The lowest BCUT2D eigenvalue weighted by Gasteiger charge is -2.40. The van der Waals surface area contributed by atoms with Crippen LogP contribution in [0, 0.1) is 0 Å². The summed E-state index contributed by atoms with van der Waals surface area (Å²) in [5.41, 5.74) is 2.58. The van der Waals surface area contributed by atoms with Crippen LogP contribution in [-0.2, 0) is 4.79 Å². The van der Waals surface area contributed by atoms with Gasteiger partial charge in [-0.2, -0.15) is 0 Å². The molecule has 0 radical (unpaired) electrons. The Labute approximate surface area is 192 Å². The topological polar surface area (TPSA) is 77.1 Å². The highest BCUT2D eigenvalue weighted by Gasteiger charge is 2.42. The summed E-state index contributed by atoms with van der Waals surface area (Å²) in [4.78, 5) is 28.5. The van der Waals surface area contributed by atoms with Crippen molar-refractivity contribution in [3.05, 3.63) is 83.4 Å². The third-order valence-corrected chi connectivity index (χ3v) is 5.95. The van der Waals surface area contributed by atoms with Crippen LogP contribution in [0.3, 0.4) is 0 Å². The molecule has 2 amide bonds. The zero-order chi connectivity index (χ0) is 23.5. The molecule has 1 N–H and O–H groups in total. The van der Waals surface area contributed by atoms with Gasteiger partial charge in [0.2, 0.25) is 5.91 Å². The maximum Gasteiger partial charge on any atom is 0.254 e. The van der Waals surface area contributed by atoms with Crippen LogP contribution < -0.4 is 19.5 Å². The summed E-state index contributed by atoms with van der Waals surface area (Å²) in [7, 11) is 6.41. The minimum atomic E-state index is -0.645. The number of methoxy groups -OCH3 is 3. The number of benzene rings is 3. The predicted molar refractivity (Wildman–Crippen MR) is 125 cm³/mol. The molecule has 0 fully saturated rings. The van der Waals surface area contributed by atoms with Crippen LogP contribution in [0.1, 0.15) is 33.4 Å². The number of hydrogen-bond donors (Lipinski definition) is 1. The zero-order valence-corrected chi connectivity index (χ0v) is 19.0. The Balaban J connectivity index is 1.81. The van der Waals surface area contributed by atoms with Crippen LogP contribution in [0.5, 0.6) is 17.2 Å². The van der Waals surface area contributed by atoms with E-state index in [1.165, 1.54) is 0 Å². The fraction of sp³-hybridized carbons (Fsp3) is 0.231. The zero-order valence-electron chi connectivity index (χ0n) is 19.0. The van der Waals surface area contributed by atoms with Crippen molar-refractivity contribution in [2.24, 2.45) is 0 Å². The largest absolute Gasteiger partial charge is 0.497 e. The number of amides is 2. The van der Waals surface area contributed by atoms with Gasteiger partial charge in [-0.15, -0.1) is 0 Å². The van der Waals surface area contributed by atoms with Crippen molar-refractivity contribution in [2.75, 3.05) is 33.7 Å². The van der Waals surface area contributed by atoms with Gasteiger partial charge in [-0.05, 0) is 41.5 Å². The number of ether oxygens (including phenoxy) is 3. The second-order valence-electron chi connectivity index (χ2n) is 7.76. The summed E-state index contributed by atoms with van der Waals surface area (Å²) >= 11 is 0. The number of fused-ring (bicyclic) bond motifs is 1. The smallest absolute Gasteiger partial charge is 0.254 e. The Kier molecular flexibility index (Phi) is 6.22. The predicted octanol–water partition coefficient (Wildman–Crippen LogP) is 4.26. The van der Waals surface area contributed by atoms with E-state index in [9.17, 15) is 9.59 Å². The van der Waals surface area contributed by atoms with Crippen LogP contribution in [0.15, 0.2) is 66.7 Å². The van der Waals surface area contributed by atoms with E-state index in [0.29, 0.717) is 34.1 Å². The summed E-state index contributed by atoms with van der Waals surface area (Å²) < 4.78 is 16.1. The maximum absolute atomic E-state index is 13.7. The van der Waals surface area contributed by atoms with Gasteiger partial charge in [0, 0.05) is 24.4 Å². The first kappa shape index (κ1) is 22.2. The molecule has 0 unspecified atom stereocenters. The van der Waals surface area contributed by atoms with E-state index >= 15 is 0 Å². The van der Waals surface area contributed by atoms with Gasteiger partial charge in [-0.3, -0.25) is 9.59 Å². The molecule has 0 aliphatic carbocycles. The molecular formula is C26H26N2O5. The molecule has 7 nitrogen and oxygen atoms in total. The summed E-state index contributed by atoms with van der Waals surface area (Å²) in [6, 6.07) is 19.3.